The predicted molar refractivity (Wildman–Crippen MR) is 100 cm³/mol. The van der Waals surface area contributed by atoms with Gasteiger partial charge in [0.1, 0.15) is 10.3 Å². The molecule has 2 aliphatic heterocycles. The van der Waals surface area contributed by atoms with E-state index in [1.54, 1.807) is 17.5 Å². The molecule has 138 valence electrons. The van der Waals surface area contributed by atoms with E-state index in [0.717, 1.165) is 18.7 Å². The number of nitrogens with zero attached hydrogens (tertiary/aromatic N) is 1. The van der Waals surface area contributed by atoms with E-state index in [1.807, 2.05) is 6.07 Å². The Balaban J connectivity index is 1.44. The molecule has 1 aromatic carbocycles. The van der Waals surface area contributed by atoms with Gasteiger partial charge in [-0.2, -0.15) is 4.31 Å². The molecule has 2 N–H and O–H groups in total. The van der Waals surface area contributed by atoms with Crippen molar-refractivity contribution in [1.29, 1.82) is 0 Å². The summed E-state index contributed by atoms with van der Waals surface area (Å²) in [7, 11) is -3.60. The maximum atomic E-state index is 12.8. The van der Waals surface area contributed by atoms with Crippen molar-refractivity contribution in [2.24, 2.45) is 0 Å². The lowest BCUT2D eigenvalue weighted by Gasteiger charge is -2.22. The van der Waals surface area contributed by atoms with E-state index in [1.165, 1.54) is 26.8 Å². The van der Waals surface area contributed by atoms with Crippen LogP contribution in [0.3, 0.4) is 0 Å². The second kappa shape index (κ2) is 7.11. The van der Waals surface area contributed by atoms with Crippen LogP contribution < -0.4 is 10.6 Å². The zero-order valence-electron chi connectivity index (χ0n) is 14.3. The number of sulfonamides is 1. The van der Waals surface area contributed by atoms with Gasteiger partial charge in [0.25, 0.3) is 10.0 Å². The third kappa shape index (κ3) is 3.29. The topological polar surface area (TPSA) is 78.5 Å². The molecule has 0 spiro atoms. The monoisotopic (exact) mass is 391 g/mol. The fourth-order valence-corrected chi connectivity index (χ4v) is 6.36. The highest BCUT2D eigenvalue weighted by atomic mass is 32.2. The molecular formula is C18H21N3O3S2. The molecule has 4 rings (SSSR count). The van der Waals surface area contributed by atoms with Crippen LogP contribution in [0.15, 0.2) is 39.9 Å². The first kappa shape index (κ1) is 17.7. The first-order valence-corrected chi connectivity index (χ1v) is 11.0. The summed E-state index contributed by atoms with van der Waals surface area (Å²) in [5.41, 5.74) is 3.59. The summed E-state index contributed by atoms with van der Waals surface area (Å²) in [5.74, 6) is -0.221. The molecular weight excluding hydrogens is 370 g/mol. The highest BCUT2D eigenvalue weighted by molar-refractivity contribution is 7.91. The Bertz CT molecular complexity index is 910. The first-order valence-electron chi connectivity index (χ1n) is 8.70. The fourth-order valence-electron chi connectivity index (χ4n) is 3.58. The zero-order valence-corrected chi connectivity index (χ0v) is 15.9. The van der Waals surface area contributed by atoms with Crippen molar-refractivity contribution in [3.05, 3.63) is 52.4 Å². The summed E-state index contributed by atoms with van der Waals surface area (Å²) in [6.45, 7) is 2.55. The lowest BCUT2D eigenvalue weighted by Crippen LogP contribution is -2.45. The van der Waals surface area contributed by atoms with Crippen LogP contribution in [0, 0.1) is 0 Å². The van der Waals surface area contributed by atoms with E-state index in [-0.39, 0.29) is 5.91 Å². The van der Waals surface area contributed by atoms with Crippen LogP contribution in [0.4, 0.5) is 0 Å². The van der Waals surface area contributed by atoms with Crippen LogP contribution in [-0.2, 0) is 34.5 Å². The lowest BCUT2D eigenvalue weighted by atomic mass is 10.1. The molecule has 1 amide bonds. The summed E-state index contributed by atoms with van der Waals surface area (Å²) < 4.78 is 27.2. The number of thiophene rings is 1. The molecule has 0 bridgehead atoms. The van der Waals surface area contributed by atoms with Crippen molar-refractivity contribution in [3.63, 3.8) is 0 Å². The lowest BCUT2D eigenvalue weighted by molar-refractivity contribution is -0.124. The standard InChI is InChI=1S/C18H21N3O3S2/c22-18(20-10-13-5-6-14-11-19-12-15(14)9-13)16-3-1-7-21(16)26(23,24)17-4-2-8-25-17/h2,4-6,8-9,16,19H,1,3,7,10-12H2,(H,20,22). The largest absolute Gasteiger partial charge is 0.351 e. The molecule has 6 nitrogen and oxygen atoms in total. The minimum atomic E-state index is -3.60. The van der Waals surface area contributed by atoms with Crippen molar-refractivity contribution >= 4 is 27.3 Å². The third-order valence-electron chi connectivity index (χ3n) is 4.93. The Morgan fingerprint density at radius 2 is 2.12 bits per heavy atom. The van der Waals surface area contributed by atoms with E-state index < -0.39 is 16.1 Å². The summed E-state index contributed by atoms with van der Waals surface area (Å²) in [5, 5.41) is 7.95. The summed E-state index contributed by atoms with van der Waals surface area (Å²) in [6, 6.07) is 8.88. The number of amides is 1. The van der Waals surface area contributed by atoms with E-state index >= 15 is 0 Å². The second-order valence-corrected chi connectivity index (χ2v) is 9.70. The molecule has 0 radical (unpaired) electrons. The van der Waals surface area contributed by atoms with Gasteiger partial charge in [-0.05, 0) is 41.0 Å². The minimum Gasteiger partial charge on any atom is -0.351 e. The van der Waals surface area contributed by atoms with Crippen LogP contribution in [0.25, 0.3) is 0 Å². The molecule has 1 fully saturated rings. The summed E-state index contributed by atoms with van der Waals surface area (Å²) in [4.78, 5) is 12.7. The number of rotatable bonds is 5. The Kier molecular flexibility index (Phi) is 4.83. The number of carbonyl (C=O) groups is 1. The smallest absolute Gasteiger partial charge is 0.253 e. The molecule has 8 heteroatoms. The number of fused-ring (bicyclic) bond motifs is 1. The molecule has 2 aliphatic rings. The Morgan fingerprint density at radius 3 is 2.92 bits per heavy atom. The Labute approximate surface area is 157 Å². The normalized spacial score (nSPS) is 20.2. The van der Waals surface area contributed by atoms with E-state index in [4.69, 9.17) is 0 Å². The van der Waals surface area contributed by atoms with Gasteiger partial charge < -0.3 is 10.6 Å². The molecule has 3 heterocycles. The minimum absolute atomic E-state index is 0.221. The predicted octanol–water partition coefficient (Wildman–Crippen LogP) is 1.82. The van der Waals surface area contributed by atoms with Crippen LogP contribution >= 0.6 is 11.3 Å². The molecule has 1 unspecified atom stereocenters. The van der Waals surface area contributed by atoms with Gasteiger partial charge in [0.05, 0.1) is 0 Å². The van der Waals surface area contributed by atoms with Gasteiger partial charge in [-0.3, -0.25) is 4.79 Å². The average Bonchev–Trinajstić information content (AvgIpc) is 3.40. The van der Waals surface area contributed by atoms with Crippen molar-refractivity contribution in [2.75, 3.05) is 6.54 Å². The van der Waals surface area contributed by atoms with E-state index in [9.17, 15) is 13.2 Å². The number of benzene rings is 1. The van der Waals surface area contributed by atoms with Gasteiger partial charge in [-0.25, -0.2) is 8.42 Å². The van der Waals surface area contributed by atoms with Gasteiger partial charge in [0.2, 0.25) is 5.91 Å². The van der Waals surface area contributed by atoms with Crippen LogP contribution in [0.1, 0.15) is 29.5 Å². The second-order valence-electron chi connectivity index (χ2n) is 6.63. The van der Waals surface area contributed by atoms with E-state index in [0.29, 0.717) is 30.1 Å². The zero-order chi connectivity index (χ0) is 18.1. The highest BCUT2D eigenvalue weighted by Crippen LogP contribution is 2.28. The third-order valence-corrected chi connectivity index (χ3v) is 8.21. The van der Waals surface area contributed by atoms with Gasteiger partial charge in [-0.15, -0.1) is 11.3 Å². The molecule has 0 aliphatic carbocycles. The van der Waals surface area contributed by atoms with Gasteiger partial charge in [0.15, 0.2) is 0 Å². The SMILES string of the molecule is O=C(NCc1ccc2c(c1)CNC2)C1CCCN1S(=O)(=O)c1cccs1. The summed E-state index contributed by atoms with van der Waals surface area (Å²) in [6.07, 6.45) is 1.26. The van der Waals surface area contributed by atoms with Gasteiger partial charge in [-0.1, -0.05) is 24.3 Å². The maximum Gasteiger partial charge on any atom is 0.253 e. The Hall–Kier alpha value is -1.74. The molecule has 0 saturated carbocycles. The van der Waals surface area contributed by atoms with Crippen LogP contribution in [0.5, 0.6) is 0 Å². The molecule has 2 aromatic rings. The number of nitrogens with one attached hydrogen (secondary N) is 2. The molecule has 1 saturated heterocycles. The summed E-state index contributed by atoms with van der Waals surface area (Å²) >= 11 is 1.18. The molecule has 26 heavy (non-hydrogen) atoms. The van der Waals surface area contributed by atoms with Crippen molar-refractivity contribution < 1.29 is 13.2 Å². The Morgan fingerprint density at radius 1 is 1.27 bits per heavy atom. The maximum absolute atomic E-state index is 12.8. The first-order chi connectivity index (χ1) is 12.6. The van der Waals surface area contributed by atoms with E-state index in [2.05, 4.69) is 22.8 Å². The highest BCUT2D eigenvalue weighted by Gasteiger charge is 2.39. The van der Waals surface area contributed by atoms with Crippen molar-refractivity contribution in [2.45, 2.75) is 42.7 Å². The molecule has 1 aromatic heterocycles. The molecule has 1 atom stereocenters. The van der Waals surface area contributed by atoms with Crippen LogP contribution in [0.2, 0.25) is 0 Å². The number of hydrogen-bond donors (Lipinski definition) is 2. The number of hydrogen-bond acceptors (Lipinski definition) is 5. The quantitative estimate of drug-likeness (QED) is 0.815. The van der Waals surface area contributed by atoms with Crippen LogP contribution in [-0.4, -0.2) is 31.2 Å². The van der Waals surface area contributed by atoms with Gasteiger partial charge >= 0.3 is 0 Å². The average molecular weight is 392 g/mol. The number of carbonyl (C=O) groups excluding carboxylic acids is 1. The van der Waals surface area contributed by atoms with Crippen molar-refractivity contribution in [3.8, 4) is 0 Å². The van der Waals surface area contributed by atoms with Gasteiger partial charge in [0, 0.05) is 26.2 Å². The fraction of sp³-hybridized carbons (Fsp3) is 0.389. The van der Waals surface area contributed by atoms with Crippen molar-refractivity contribution in [1.82, 2.24) is 14.9 Å².